The lowest BCUT2D eigenvalue weighted by atomic mass is 10.0. The maximum Gasteiger partial charge on any atom is 0.228 e. The van der Waals surface area contributed by atoms with Crippen molar-refractivity contribution < 1.29 is 13.2 Å². The SMILES string of the molecule is CC(N)C(C)C(=O)Nc1ccc(CS(N)(=O)=O)cc1. The zero-order valence-corrected chi connectivity index (χ0v) is 11.8. The van der Waals surface area contributed by atoms with Gasteiger partial charge in [-0.05, 0) is 24.6 Å². The standard InChI is InChI=1S/C12H19N3O3S/c1-8(9(2)13)12(16)15-11-5-3-10(4-6-11)7-19(14,17)18/h3-6,8-9H,7,13H2,1-2H3,(H,15,16)(H2,14,17,18). The molecule has 1 rings (SSSR count). The minimum atomic E-state index is -3.54. The number of carbonyl (C=O) groups is 1. The number of nitrogens with one attached hydrogen (secondary N) is 1. The topological polar surface area (TPSA) is 115 Å². The summed E-state index contributed by atoms with van der Waals surface area (Å²) in [5, 5.41) is 7.66. The molecular weight excluding hydrogens is 266 g/mol. The van der Waals surface area contributed by atoms with Crippen LogP contribution in [0.3, 0.4) is 0 Å². The van der Waals surface area contributed by atoms with Crippen LogP contribution < -0.4 is 16.2 Å². The molecule has 1 aromatic carbocycles. The maximum atomic E-state index is 11.8. The fourth-order valence-corrected chi connectivity index (χ4v) is 2.07. The van der Waals surface area contributed by atoms with Crippen molar-refractivity contribution in [2.24, 2.45) is 16.8 Å². The van der Waals surface area contributed by atoms with Crippen LogP contribution in [0.5, 0.6) is 0 Å². The molecule has 0 spiro atoms. The fourth-order valence-electron chi connectivity index (χ4n) is 1.41. The summed E-state index contributed by atoms with van der Waals surface area (Å²) in [6.07, 6.45) is 0. The minimum absolute atomic E-state index is 0.172. The molecular formula is C12H19N3O3S. The van der Waals surface area contributed by atoms with Gasteiger partial charge in [-0.25, -0.2) is 13.6 Å². The third kappa shape index (κ3) is 5.37. The van der Waals surface area contributed by atoms with E-state index >= 15 is 0 Å². The highest BCUT2D eigenvalue weighted by atomic mass is 32.2. The van der Waals surface area contributed by atoms with Gasteiger partial charge in [-0.1, -0.05) is 19.1 Å². The highest BCUT2D eigenvalue weighted by molar-refractivity contribution is 7.88. The van der Waals surface area contributed by atoms with Crippen molar-refractivity contribution in [2.45, 2.75) is 25.6 Å². The molecule has 2 unspecified atom stereocenters. The van der Waals surface area contributed by atoms with E-state index in [0.29, 0.717) is 11.3 Å². The third-order valence-corrected chi connectivity index (χ3v) is 3.53. The van der Waals surface area contributed by atoms with E-state index in [1.54, 1.807) is 38.1 Å². The molecule has 19 heavy (non-hydrogen) atoms. The van der Waals surface area contributed by atoms with E-state index in [4.69, 9.17) is 10.9 Å². The summed E-state index contributed by atoms with van der Waals surface area (Å²) in [6, 6.07) is 6.24. The molecule has 0 bridgehead atoms. The highest BCUT2D eigenvalue weighted by Gasteiger charge is 2.16. The summed E-state index contributed by atoms with van der Waals surface area (Å²) < 4.78 is 21.8. The van der Waals surface area contributed by atoms with Crippen molar-refractivity contribution in [3.8, 4) is 0 Å². The summed E-state index contributed by atoms with van der Waals surface area (Å²) in [5.41, 5.74) is 6.81. The number of hydrogen-bond acceptors (Lipinski definition) is 4. The number of hydrogen-bond donors (Lipinski definition) is 3. The van der Waals surface area contributed by atoms with Crippen molar-refractivity contribution in [3.05, 3.63) is 29.8 Å². The Balaban J connectivity index is 2.70. The van der Waals surface area contributed by atoms with Gasteiger partial charge in [0, 0.05) is 11.7 Å². The number of sulfonamides is 1. The lowest BCUT2D eigenvalue weighted by molar-refractivity contribution is -0.119. The van der Waals surface area contributed by atoms with E-state index < -0.39 is 10.0 Å². The van der Waals surface area contributed by atoms with Crippen molar-refractivity contribution in [2.75, 3.05) is 5.32 Å². The van der Waals surface area contributed by atoms with E-state index in [9.17, 15) is 13.2 Å². The van der Waals surface area contributed by atoms with Gasteiger partial charge in [0.2, 0.25) is 15.9 Å². The van der Waals surface area contributed by atoms with Gasteiger partial charge in [-0.15, -0.1) is 0 Å². The Morgan fingerprint density at radius 3 is 2.21 bits per heavy atom. The zero-order valence-electron chi connectivity index (χ0n) is 11.0. The molecule has 106 valence electrons. The van der Waals surface area contributed by atoms with Crippen molar-refractivity contribution in [1.29, 1.82) is 0 Å². The van der Waals surface area contributed by atoms with E-state index in [1.807, 2.05) is 0 Å². The molecule has 0 aromatic heterocycles. The first kappa shape index (κ1) is 15.6. The number of rotatable bonds is 5. The van der Waals surface area contributed by atoms with Crippen LogP contribution in [0.4, 0.5) is 5.69 Å². The lowest BCUT2D eigenvalue weighted by Gasteiger charge is -2.15. The summed E-state index contributed by atoms with van der Waals surface area (Å²) in [4.78, 5) is 11.8. The van der Waals surface area contributed by atoms with Gasteiger partial charge in [-0.3, -0.25) is 4.79 Å². The molecule has 0 aliphatic heterocycles. The molecule has 1 aromatic rings. The van der Waals surface area contributed by atoms with Crippen LogP contribution in [0.2, 0.25) is 0 Å². The van der Waals surface area contributed by atoms with Gasteiger partial charge in [0.05, 0.1) is 11.7 Å². The van der Waals surface area contributed by atoms with E-state index in [1.165, 1.54) is 0 Å². The van der Waals surface area contributed by atoms with Crippen LogP contribution in [0.25, 0.3) is 0 Å². The maximum absolute atomic E-state index is 11.8. The predicted octanol–water partition coefficient (Wildman–Crippen LogP) is 0.397. The Kier molecular flexibility index (Phi) is 5.04. The van der Waals surface area contributed by atoms with Crippen molar-refractivity contribution in [3.63, 3.8) is 0 Å². The summed E-state index contributed by atoms with van der Waals surface area (Å²) in [6.45, 7) is 3.51. The zero-order chi connectivity index (χ0) is 14.6. The van der Waals surface area contributed by atoms with Gasteiger partial charge in [-0.2, -0.15) is 0 Å². The number of amides is 1. The molecule has 0 saturated carbocycles. The summed E-state index contributed by atoms with van der Waals surface area (Å²) in [5.74, 6) is -0.699. The van der Waals surface area contributed by atoms with E-state index in [-0.39, 0.29) is 23.6 Å². The van der Waals surface area contributed by atoms with E-state index in [2.05, 4.69) is 5.32 Å². The normalized spacial score (nSPS) is 14.7. The summed E-state index contributed by atoms with van der Waals surface area (Å²) >= 11 is 0. The molecule has 6 nitrogen and oxygen atoms in total. The van der Waals surface area contributed by atoms with Gasteiger partial charge in [0.1, 0.15) is 0 Å². The molecule has 7 heteroatoms. The number of primary sulfonamides is 1. The number of nitrogens with two attached hydrogens (primary N) is 2. The molecule has 0 aliphatic rings. The van der Waals surface area contributed by atoms with Crippen LogP contribution in [0.15, 0.2) is 24.3 Å². The van der Waals surface area contributed by atoms with Crippen LogP contribution in [0.1, 0.15) is 19.4 Å². The monoisotopic (exact) mass is 285 g/mol. The largest absolute Gasteiger partial charge is 0.327 e. The van der Waals surface area contributed by atoms with Crippen molar-refractivity contribution in [1.82, 2.24) is 0 Å². The first-order valence-corrected chi connectivity index (χ1v) is 7.56. The smallest absolute Gasteiger partial charge is 0.228 e. The third-order valence-electron chi connectivity index (χ3n) is 2.79. The van der Waals surface area contributed by atoms with Gasteiger partial charge in [0.15, 0.2) is 0 Å². The average molecular weight is 285 g/mol. The summed E-state index contributed by atoms with van der Waals surface area (Å²) in [7, 11) is -3.54. The lowest BCUT2D eigenvalue weighted by Crippen LogP contribution is -2.34. The molecule has 0 radical (unpaired) electrons. The number of anilines is 1. The van der Waals surface area contributed by atoms with E-state index in [0.717, 1.165) is 0 Å². The average Bonchev–Trinajstić information content (AvgIpc) is 2.28. The number of benzene rings is 1. The molecule has 0 saturated heterocycles. The Morgan fingerprint density at radius 1 is 1.26 bits per heavy atom. The molecule has 1 amide bonds. The second-order valence-electron chi connectivity index (χ2n) is 4.64. The second-order valence-corrected chi connectivity index (χ2v) is 6.26. The van der Waals surface area contributed by atoms with Crippen LogP contribution in [-0.2, 0) is 20.6 Å². The van der Waals surface area contributed by atoms with Gasteiger partial charge < -0.3 is 11.1 Å². The van der Waals surface area contributed by atoms with Crippen LogP contribution >= 0.6 is 0 Å². The fraction of sp³-hybridized carbons (Fsp3) is 0.417. The van der Waals surface area contributed by atoms with Gasteiger partial charge in [0.25, 0.3) is 0 Å². The molecule has 5 N–H and O–H groups in total. The second kappa shape index (κ2) is 6.14. The minimum Gasteiger partial charge on any atom is -0.327 e. The van der Waals surface area contributed by atoms with Crippen molar-refractivity contribution >= 4 is 21.6 Å². The van der Waals surface area contributed by atoms with Gasteiger partial charge >= 0.3 is 0 Å². The molecule has 0 aliphatic carbocycles. The van der Waals surface area contributed by atoms with Crippen LogP contribution in [0, 0.1) is 5.92 Å². The first-order chi connectivity index (χ1) is 8.69. The predicted molar refractivity (Wildman–Crippen MR) is 74.7 cm³/mol. The highest BCUT2D eigenvalue weighted by Crippen LogP contribution is 2.13. The first-order valence-electron chi connectivity index (χ1n) is 5.85. The quantitative estimate of drug-likeness (QED) is 0.726. The Bertz CT molecular complexity index is 538. The van der Waals surface area contributed by atoms with Crippen LogP contribution in [-0.4, -0.2) is 20.4 Å². The number of carbonyl (C=O) groups excluding carboxylic acids is 1. The Morgan fingerprint density at radius 2 is 1.79 bits per heavy atom. The molecule has 0 heterocycles. The molecule has 2 atom stereocenters. The Labute approximate surface area is 113 Å². The Hall–Kier alpha value is -1.44. The molecule has 0 fully saturated rings.